The molecular formula is C13H24N2O4. The molecule has 0 aromatic carbocycles. The number of carboxylic acids is 1. The first-order valence-electron chi connectivity index (χ1n) is 6.95. The fourth-order valence-corrected chi connectivity index (χ4v) is 2.09. The van der Waals surface area contributed by atoms with Crippen molar-refractivity contribution in [1.29, 1.82) is 0 Å². The Morgan fingerprint density at radius 3 is 2.68 bits per heavy atom. The fraction of sp³-hybridized carbons (Fsp3) is 0.846. The van der Waals surface area contributed by atoms with Gasteiger partial charge < -0.3 is 20.5 Å². The molecule has 110 valence electrons. The van der Waals surface area contributed by atoms with E-state index in [4.69, 9.17) is 9.84 Å². The van der Waals surface area contributed by atoms with Crippen molar-refractivity contribution in [1.82, 2.24) is 10.6 Å². The van der Waals surface area contributed by atoms with Gasteiger partial charge >= 0.3 is 5.97 Å². The zero-order valence-electron chi connectivity index (χ0n) is 11.5. The van der Waals surface area contributed by atoms with Gasteiger partial charge in [0, 0.05) is 12.5 Å². The van der Waals surface area contributed by atoms with Crippen LogP contribution in [-0.2, 0) is 14.3 Å². The van der Waals surface area contributed by atoms with Crippen LogP contribution in [0.15, 0.2) is 0 Å². The molecule has 0 bridgehead atoms. The molecule has 1 atom stereocenters. The second-order valence-electron chi connectivity index (χ2n) is 4.84. The lowest BCUT2D eigenvalue weighted by Crippen LogP contribution is -2.37. The summed E-state index contributed by atoms with van der Waals surface area (Å²) in [6.07, 6.45) is 3.09. The van der Waals surface area contributed by atoms with Gasteiger partial charge in [0.25, 0.3) is 0 Å². The summed E-state index contributed by atoms with van der Waals surface area (Å²) >= 11 is 0. The van der Waals surface area contributed by atoms with Gasteiger partial charge in [-0.1, -0.05) is 6.92 Å². The first-order chi connectivity index (χ1) is 9.11. The Balaban J connectivity index is 2.13. The molecule has 1 saturated heterocycles. The van der Waals surface area contributed by atoms with Crippen molar-refractivity contribution in [2.75, 3.05) is 19.7 Å². The predicted molar refractivity (Wildman–Crippen MR) is 70.9 cm³/mol. The maximum atomic E-state index is 11.6. The lowest BCUT2D eigenvalue weighted by Gasteiger charge is -2.23. The van der Waals surface area contributed by atoms with Gasteiger partial charge in [0.1, 0.15) is 0 Å². The maximum absolute atomic E-state index is 11.6. The first kappa shape index (κ1) is 15.9. The van der Waals surface area contributed by atoms with Gasteiger partial charge in [-0.25, -0.2) is 0 Å². The molecular weight excluding hydrogens is 248 g/mol. The summed E-state index contributed by atoms with van der Waals surface area (Å²) < 4.78 is 5.63. The first-order valence-corrected chi connectivity index (χ1v) is 6.95. The summed E-state index contributed by atoms with van der Waals surface area (Å²) in [7, 11) is 0. The van der Waals surface area contributed by atoms with E-state index in [0.29, 0.717) is 19.4 Å². The van der Waals surface area contributed by atoms with Crippen LogP contribution in [0.4, 0.5) is 0 Å². The summed E-state index contributed by atoms with van der Waals surface area (Å²) in [5.74, 6) is -1.03. The minimum absolute atomic E-state index is 0.0304. The van der Waals surface area contributed by atoms with E-state index in [0.717, 1.165) is 25.9 Å². The van der Waals surface area contributed by atoms with Crippen molar-refractivity contribution in [3.63, 3.8) is 0 Å². The minimum Gasteiger partial charge on any atom is -0.481 e. The molecule has 6 nitrogen and oxygen atoms in total. The van der Waals surface area contributed by atoms with Gasteiger partial charge in [0.2, 0.25) is 5.91 Å². The van der Waals surface area contributed by atoms with Crippen LogP contribution in [-0.4, -0.2) is 48.8 Å². The van der Waals surface area contributed by atoms with E-state index in [9.17, 15) is 9.59 Å². The van der Waals surface area contributed by atoms with Gasteiger partial charge in [0.05, 0.1) is 19.1 Å². The molecule has 3 N–H and O–H groups in total. The number of carbonyl (C=O) groups excluding carboxylic acids is 1. The van der Waals surface area contributed by atoms with Crippen LogP contribution in [0, 0.1) is 0 Å². The van der Waals surface area contributed by atoms with Gasteiger partial charge in [-0.2, -0.15) is 0 Å². The van der Waals surface area contributed by atoms with Gasteiger partial charge in [-0.3, -0.25) is 9.59 Å². The number of rotatable bonds is 8. The molecule has 1 rings (SSSR count). The largest absolute Gasteiger partial charge is 0.481 e. The lowest BCUT2D eigenvalue weighted by molar-refractivity contribution is -0.137. The molecule has 0 aromatic heterocycles. The van der Waals surface area contributed by atoms with Crippen LogP contribution in [0.5, 0.6) is 0 Å². The standard InChI is InChI=1S/C13H24N2O4/c1-2-10(9-13(17)18)15-12(16)5-8-19-11-3-6-14-7-4-11/h10-11,14H,2-9H2,1H3,(H,15,16)(H,17,18). The zero-order valence-corrected chi connectivity index (χ0v) is 11.5. The molecule has 1 heterocycles. The van der Waals surface area contributed by atoms with Crippen LogP contribution in [0.25, 0.3) is 0 Å². The number of ether oxygens (including phenoxy) is 1. The number of aliphatic carboxylic acids is 1. The van der Waals surface area contributed by atoms with E-state index in [2.05, 4.69) is 10.6 Å². The number of carboxylic acid groups (broad SMARTS) is 1. The molecule has 6 heteroatoms. The van der Waals surface area contributed by atoms with Crippen molar-refractivity contribution in [2.45, 2.75) is 51.2 Å². The van der Waals surface area contributed by atoms with E-state index >= 15 is 0 Å². The average Bonchev–Trinajstić information content (AvgIpc) is 2.38. The normalized spacial score (nSPS) is 17.9. The highest BCUT2D eigenvalue weighted by atomic mass is 16.5. The summed E-state index contributed by atoms with van der Waals surface area (Å²) in [6, 6.07) is -0.288. The maximum Gasteiger partial charge on any atom is 0.305 e. The van der Waals surface area contributed by atoms with Crippen LogP contribution < -0.4 is 10.6 Å². The third-order valence-corrected chi connectivity index (χ3v) is 3.25. The Bertz CT molecular complexity index is 290. The van der Waals surface area contributed by atoms with Crippen molar-refractivity contribution in [3.05, 3.63) is 0 Å². The molecule has 19 heavy (non-hydrogen) atoms. The summed E-state index contributed by atoms with van der Waals surface area (Å²) in [6.45, 7) is 4.19. The molecule has 1 aliphatic heterocycles. The molecule has 0 radical (unpaired) electrons. The third kappa shape index (κ3) is 7.12. The van der Waals surface area contributed by atoms with Crippen molar-refractivity contribution < 1.29 is 19.4 Å². The van der Waals surface area contributed by atoms with Gasteiger partial charge in [-0.05, 0) is 32.4 Å². The highest BCUT2D eigenvalue weighted by Gasteiger charge is 2.16. The predicted octanol–water partition coefficient (Wildman–Crippen LogP) is 0.515. The summed E-state index contributed by atoms with van der Waals surface area (Å²) in [5.41, 5.74) is 0. The molecule has 0 spiro atoms. The van der Waals surface area contributed by atoms with Crippen LogP contribution >= 0.6 is 0 Å². The molecule has 1 fully saturated rings. The fourth-order valence-electron chi connectivity index (χ4n) is 2.09. The van der Waals surface area contributed by atoms with E-state index in [1.807, 2.05) is 6.92 Å². The lowest BCUT2D eigenvalue weighted by atomic mass is 10.1. The number of hydrogen-bond acceptors (Lipinski definition) is 4. The van der Waals surface area contributed by atoms with Gasteiger partial charge in [-0.15, -0.1) is 0 Å². The Morgan fingerprint density at radius 1 is 1.42 bits per heavy atom. The zero-order chi connectivity index (χ0) is 14.1. The number of carbonyl (C=O) groups is 2. The van der Waals surface area contributed by atoms with Crippen LogP contribution in [0.1, 0.15) is 39.0 Å². The van der Waals surface area contributed by atoms with E-state index in [-0.39, 0.29) is 24.5 Å². The smallest absolute Gasteiger partial charge is 0.305 e. The molecule has 0 aliphatic carbocycles. The second-order valence-corrected chi connectivity index (χ2v) is 4.84. The molecule has 0 saturated carbocycles. The summed E-state index contributed by atoms with van der Waals surface area (Å²) in [4.78, 5) is 22.2. The highest BCUT2D eigenvalue weighted by molar-refractivity contribution is 5.77. The third-order valence-electron chi connectivity index (χ3n) is 3.25. The van der Waals surface area contributed by atoms with Crippen LogP contribution in [0.3, 0.4) is 0 Å². The monoisotopic (exact) mass is 272 g/mol. The Labute approximate surface area is 113 Å². The van der Waals surface area contributed by atoms with Gasteiger partial charge in [0.15, 0.2) is 0 Å². The number of piperidine rings is 1. The number of hydrogen-bond donors (Lipinski definition) is 3. The molecule has 1 amide bonds. The Hall–Kier alpha value is -1.14. The molecule has 1 aliphatic rings. The van der Waals surface area contributed by atoms with Crippen LogP contribution in [0.2, 0.25) is 0 Å². The minimum atomic E-state index is -0.891. The molecule has 1 unspecified atom stereocenters. The average molecular weight is 272 g/mol. The van der Waals surface area contributed by atoms with Crippen molar-refractivity contribution in [2.24, 2.45) is 0 Å². The second kappa shape index (κ2) is 8.87. The molecule has 0 aromatic rings. The van der Waals surface area contributed by atoms with E-state index < -0.39 is 5.97 Å². The van der Waals surface area contributed by atoms with Crippen molar-refractivity contribution >= 4 is 11.9 Å². The summed E-state index contributed by atoms with van der Waals surface area (Å²) in [5, 5.41) is 14.7. The quantitative estimate of drug-likeness (QED) is 0.599. The van der Waals surface area contributed by atoms with E-state index in [1.165, 1.54) is 0 Å². The topological polar surface area (TPSA) is 87.7 Å². The Kier molecular flexibility index (Phi) is 7.43. The van der Waals surface area contributed by atoms with Crippen molar-refractivity contribution in [3.8, 4) is 0 Å². The number of amides is 1. The SMILES string of the molecule is CCC(CC(=O)O)NC(=O)CCOC1CCNCC1. The Morgan fingerprint density at radius 2 is 2.11 bits per heavy atom. The van der Waals surface area contributed by atoms with E-state index in [1.54, 1.807) is 0 Å². The number of nitrogens with one attached hydrogen (secondary N) is 2. The highest BCUT2D eigenvalue weighted by Crippen LogP contribution is 2.07.